The standard InChI is InChI=1S/C21H21N3O/c1-4-15-13-20(24-19-8-6-5-7-18(15)19)21(25)23-17-11-9-16(10-12-17)22-14(2)3/h5-13,22H,2,4H2,1,3H3,(H,23,25). The second-order valence-corrected chi connectivity index (χ2v) is 5.97. The molecule has 0 atom stereocenters. The van der Waals surface area contributed by atoms with Crippen LogP contribution in [0.3, 0.4) is 0 Å². The first-order valence-corrected chi connectivity index (χ1v) is 8.29. The van der Waals surface area contributed by atoms with Crippen molar-refractivity contribution in [3.8, 4) is 0 Å². The normalized spacial score (nSPS) is 10.5. The van der Waals surface area contributed by atoms with E-state index in [1.165, 1.54) is 0 Å². The van der Waals surface area contributed by atoms with Gasteiger partial charge in [-0.15, -0.1) is 0 Å². The first kappa shape index (κ1) is 16.7. The van der Waals surface area contributed by atoms with E-state index < -0.39 is 0 Å². The van der Waals surface area contributed by atoms with E-state index in [9.17, 15) is 4.79 Å². The van der Waals surface area contributed by atoms with Gasteiger partial charge >= 0.3 is 0 Å². The maximum Gasteiger partial charge on any atom is 0.274 e. The number of hydrogen-bond donors (Lipinski definition) is 2. The number of amides is 1. The number of aryl methyl sites for hydroxylation is 1. The monoisotopic (exact) mass is 331 g/mol. The number of anilines is 2. The number of allylic oxidation sites excluding steroid dienone is 1. The molecule has 0 aliphatic rings. The number of fused-ring (bicyclic) bond motifs is 1. The SMILES string of the molecule is C=C(C)Nc1ccc(NC(=O)c2cc(CC)c3ccccc3n2)cc1. The van der Waals surface area contributed by atoms with Gasteiger partial charge in [-0.05, 0) is 55.3 Å². The molecule has 3 rings (SSSR count). The first-order valence-electron chi connectivity index (χ1n) is 8.29. The molecule has 126 valence electrons. The molecule has 0 radical (unpaired) electrons. The number of carbonyl (C=O) groups excluding carboxylic acids is 1. The average Bonchev–Trinajstić information content (AvgIpc) is 2.62. The highest BCUT2D eigenvalue weighted by Gasteiger charge is 2.11. The van der Waals surface area contributed by atoms with Crippen molar-refractivity contribution in [1.29, 1.82) is 0 Å². The van der Waals surface area contributed by atoms with Crippen LogP contribution in [0.15, 0.2) is 66.9 Å². The molecule has 25 heavy (non-hydrogen) atoms. The Kier molecular flexibility index (Phi) is 4.80. The Morgan fingerprint density at radius 3 is 2.32 bits per heavy atom. The summed E-state index contributed by atoms with van der Waals surface area (Å²) in [6, 6.07) is 17.3. The largest absolute Gasteiger partial charge is 0.360 e. The highest BCUT2D eigenvalue weighted by atomic mass is 16.1. The fraction of sp³-hybridized carbons (Fsp3) is 0.143. The molecule has 0 unspecified atom stereocenters. The summed E-state index contributed by atoms with van der Waals surface area (Å²) in [5, 5.41) is 7.13. The van der Waals surface area contributed by atoms with Crippen molar-refractivity contribution < 1.29 is 4.79 Å². The topological polar surface area (TPSA) is 54.0 Å². The summed E-state index contributed by atoms with van der Waals surface area (Å²) < 4.78 is 0. The van der Waals surface area contributed by atoms with Gasteiger partial charge in [0.05, 0.1) is 5.52 Å². The maximum atomic E-state index is 12.6. The van der Waals surface area contributed by atoms with Crippen LogP contribution in [0.5, 0.6) is 0 Å². The molecule has 0 aliphatic carbocycles. The molecule has 3 aromatic rings. The minimum atomic E-state index is -0.207. The van der Waals surface area contributed by atoms with E-state index in [2.05, 4.69) is 29.1 Å². The van der Waals surface area contributed by atoms with Crippen molar-refractivity contribution in [3.05, 3.63) is 78.1 Å². The van der Waals surface area contributed by atoms with Crippen LogP contribution >= 0.6 is 0 Å². The lowest BCUT2D eigenvalue weighted by Crippen LogP contribution is -2.14. The van der Waals surface area contributed by atoms with Crippen LogP contribution in [0.4, 0.5) is 11.4 Å². The Bertz CT molecular complexity index is 930. The summed E-state index contributed by atoms with van der Waals surface area (Å²) in [6.07, 6.45) is 0.852. The smallest absolute Gasteiger partial charge is 0.274 e. The zero-order valence-electron chi connectivity index (χ0n) is 14.5. The van der Waals surface area contributed by atoms with Gasteiger partial charge in [0.25, 0.3) is 5.91 Å². The van der Waals surface area contributed by atoms with Gasteiger partial charge in [-0.2, -0.15) is 0 Å². The lowest BCUT2D eigenvalue weighted by molar-refractivity contribution is 0.102. The van der Waals surface area contributed by atoms with Crippen LogP contribution in [-0.4, -0.2) is 10.9 Å². The van der Waals surface area contributed by atoms with Crippen molar-refractivity contribution in [3.63, 3.8) is 0 Å². The molecule has 2 N–H and O–H groups in total. The molecule has 0 fully saturated rings. The summed E-state index contributed by atoms with van der Waals surface area (Å²) in [4.78, 5) is 17.1. The van der Waals surface area contributed by atoms with Gasteiger partial charge in [-0.3, -0.25) is 4.79 Å². The summed E-state index contributed by atoms with van der Waals surface area (Å²) in [5.74, 6) is -0.207. The lowest BCUT2D eigenvalue weighted by atomic mass is 10.1. The van der Waals surface area contributed by atoms with Crippen LogP contribution < -0.4 is 10.6 Å². The highest BCUT2D eigenvalue weighted by molar-refractivity contribution is 6.04. The number of para-hydroxylation sites is 1. The number of pyridine rings is 1. The molecular formula is C21H21N3O. The molecule has 0 aliphatic heterocycles. The molecule has 1 heterocycles. The van der Waals surface area contributed by atoms with Crippen molar-refractivity contribution in [2.75, 3.05) is 10.6 Å². The third-order valence-electron chi connectivity index (χ3n) is 3.92. The van der Waals surface area contributed by atoms with Crippen molar-refractivity contribution in [1.82, 2.24) is 4.98 Å². The van der Waals surface area contributed by atoms with Crippen LogP contribution in [-0.2, 0) is 6.42 Å². The summed E-state index contributed by atoms with van der Waals surface area (Å²) in [5.41, 5.74) is 4.92. The Hall–Kier alpha value is -3.14. The fourth-order valence-corrected chi connectivity index (χ4v) is 2.73. The van der Waals surface area contributed by atoms with E-state index in [0.717, 1.165) is 40.0 Å². The molecule has 1 amide bonds. The van der Waals surface area contributed by atoms with E-state index in [0.29, 0.717) is 5.69 Å². The molecule has 0 spiro atoms. The van der Waals surface area contributed by atoms with Gasteiger partial charge in [0, 0.05) is 22.5 Å². The highest BCUT2D eigenvalue weighted by Crippen LogP contribution is 2.20. The number of benzene rings is 2. The van der Waals surface area contributed by atoms with Crippen molar-refractivity contribution >= 4 is 28.2 Å². The number of aromatic nitrogens is 1. The van der Waals surface area contributed by atoms with E-state index in [-0.39, 0.29) is 5.91 Å². The predicted octanol–water partition coefficient (Wildman–Crippen LogP) is 5.00. The van der Waals surface area contributed by atoms with Crippen LogP contribution in [0.2, 0.25) is 0 Å². The van der Waals surface area contributed by atoms with Gasteiger partial charge in [0.2, 0.25) is 0 Å². The molecule has 2 aromatic carbocycles. The van der Waals surface area contributed by atoms with Gasteiger partial charge in [-0.25, -0.2) is 4.98 Å². The number of hydrogen-bond acceptors (Lipinski definition) is 3. The van der Waals surface area contributed by atoms with Gasteiger partial charge < -0.3 is 10.6 Å². The van der Waals surface area contributed by atoms with Gasteiger partial charge in [0.15, 0.2) is 0 Å². The zero-order valence-corrected chi connectivity index (χ0v) is 14.5. The van der Waals surface area contributed by atoms with E-state index >= 15 is 0 Å². The molecule has 0 bridgehead atoms. The minimum Gasteiger partial charge on any atom is -0.360 e. The number of carbonyl (C=O) groups is 1. The lowest BCUT2D eigenvalue weighted by Gasteiger charge is -2.10. The predicted molar refractivity (Wildman–Crippen MR) is 104 cm³/mol. The maximum absolute atomic E-state index is 12.6. The molecule has 0 saturated carbocycles. The number of rotatable bonds is 5. The van der Waals surface area contributed by atoms with Crippen LogP contribution in [0.1, 0.15) is 29.9 Å². The van der Waals surface area contributed by atoms with Gasteiger partial charge in [-0.1, -0.05) is 31.7 Å². The molecule has 1 aromatic heterocycles. The molecule has 4 heteroatoms. The van der Waals surface area contributed by atoms with Crippen LogP contribution in [0, 0.1) is 0 Å². The molecular weight excluding hydrogens is 310 g/mol. The Balaban J connectivity index is 1.83. The first-order chi connectivity index (χ1) is 12.1. The Labute approximate surface area is 147 Å². The third kappa shape index (κ3) is 3.86. The van der Waals surface area contributed by atoms with E-state index in [1.54, 1.807) is 0 Å². The van der Waals surface area contributed by atoms with E-state index in [1.807, 2.05) is 61.5 Å². The van der Waals surface area contributed by atoms with E-state index in [4.69, 9.17) is 0 Å². The van der Waals surface area contributed by atoms with Crippen LogP contribution in [0.25, 0.3) is 10.9 Å². The average molecular weight is 331 g/mol. The summed E-state index contributed by atoms with van der Waals surface area (Å²) in [6.45, 7) is 7.79. The second-order valence-electron chi connectivity index (χ2n) is 5.97. The van der Waals surface area contributed by atoms with Gasteiger partial charge in [0.1, 0.15) is 5.69 Å². The Morgan fingerprint density at radius 1 is 1.04 bits per heavy atom. The molecule has 4 nitrogen and oxygen atoms in total. The molecule has 0 saturated heterocycles. The second kappa shape index (κ2) is 7.18. The Morgan fingerprint density at radius 2 is 1.68 bits per heavy atom. The summed E-state index contributed by atoms with van der Waals surface area (Å²) >= 11 is 0. The zero-order chi connectivity index (χ0) is 17.8. The third-order valence-corrected chi connectivity index (χ3v) is 3.92. The van der Waals surface area contributed by atoms with Crippen molar-refractivity contribution in [2.24, 2.45) is 0 Å². The minimum absolute atomic E-state index is 0.207. The fourth-order valence-electron chi connectivity index (χ4n) is 2.73. The number of nitrogens with one attached hydrogen (secondary N) is 2. The summed E-state index contributed by atoms with van der Waals surface area (Å²) in [7, 11) is 0. The van der Waals surface area contributed by atoms with Crippen molar-refractivity contribution in [2.45, 2.75) is 20.3 Å². The number of nitrogens with zero attached hydrogens (tertiary/aromatic N) is 1. The quantitative estimate of drug-likeness (QED) is 0.692.